The molecule has 2 saturated heterocycles. The van der Waals surface area contributed by atoms with Crippen molar-refractivity contribution >= 4 is 17.3 Å². The van der Waals surface area contributed by atoms with Crippen molar-refractivity contribution in [3.63, 3.8) is 0 Å². The van der Waals surface area contributed by atoms with E-state index in [1.807, 2.05) is 0 Å². The lowest BCUT2D eigenvalue weighted by atomic mass is 9.79. The molecule has 2 unspecified atom stereocenters. The summed E-state index contributed by atoms with van der Waals surface area (Å²) < 4.78 is 71.8. The fourth-order valence-corrected chi connectivity index (χ4v) is 5.70. The van der Waals surface area contributed by atoms with E-state index in [4.69, 9.17) is 26.3 Å². The Labute approximate surface area is 163 Å². The molecule has 2 aliphatic rings. The third-order valence-corrected chi connectivity index (χ3v) is 7.23. The molecular formula is C14H28BF3N4O5S. The lowest BCUT2D eigenvalue weighted by molar-refractivity contribution is -0.140. The van der Waals surface area contributed by atoms with Crippen LogP contribution in [0.15, 0.2) is 0 Å². The van der Waals surface area contributed by atoms with Crippen molar-refractivity contribution in [2.45, 2.75) is 49.9 Å². The summed E-state index contributed by atoms with van der Waals surface area (Å²) in [7, 11) is -5.96. The largest absolute Gasteiger partial charge is 0.451 e. The van der Waals surface area contributed by atoms with Crippen molar-refractivity contribution in [3.8, 4) is 0 Å². The number of nitrogens with two attached hydrogens (primary N) is 2. The molecule has 2 heterocycles. The lowest BCUT2D eigenvalue weighted by Crippen LogP contribution is -2.57. The Bertz CT molecular complexity index is 637. The normalized spacial score (nSPS) is 32.4. The highest BCUT2D eigenvalue weighted by molar-refractivity contribution is 7.86. The zero-order valence-corrected chi connectivity index (χ0v) is 16.5. The van der Waals surface area contributed by atoms with Crippen LogP contribution in [0.5, 0.6) is 0 Å². The molecule has 0 radical (unpaired) electrons. The molecule has 6 N–H and O–H groups in total. The first-order valence-corrected chi connectivity index (χ1v) is 10.5. The highest BCUT2D eigenvalue weighted by atomic mass is 32.2. The average Bonchev–Trinajstić information content (AvgIpc) is 3.07. The van der Waals surface area contributed by atoms with Gasteiger partial charge in [0.05, 0.1) is 19.3 Å². The first kappa shape index (κ1) is 23.8. The summed E-state index contributed by atoms with van der Waals surface area (Å²) in [4.78, 5) is 0. The van der Waals surface area contributed by atoms with E-state index >= 15 is 0 Å². The van der Waals surface area contributed by atoms with Crippen LogP contribution in [0.1, 0.15) is 19.8 Å². The Morgan fingerprint density at radius 1 is 1.36 bits per heavy atom. The van der Waals surface area contributed by atoms with E-state index in [1.54, 1.807) is 6.92 Å². The van der Waals surface area contributed by atoms with Crippen LogP contribution in [0.2, 0.25) is 6.32 Å². The molecule has 0 aromatic rings. The van der Waals surface area contributed by atoms with Crippen molar-refractivity contribution in [2.24, 2.45) is 17.4 Å². The number of ether oxygens (including phenoxy) is 1. The van der Waals surface area contributed by atoms with Gasteiger partial charge in [-0.15, -0.1) is 0 Å². The number of rotatable bonds is 8. The summed E-state index contributed by atoms with van der Waals surface area (Å²) in [5.74, 6) is -0.331. The van der Waals surface area contributed by atoms with Gasteiger partial charge < -0.3 is 26.3 Å². The quantitative estimate of drug-likeness (QED) is 0.350. The molecule has 0 bridgehead atoms. The van der Waals surface area contributed by atoms with Gasteiger partial charge in [-0.1, -0.05) is 6.42 Å². The summed E-state index contributed by atoms with van der Waals surface area (Å²) in [6.07, 6.45) is -3.82. The summed E-state index contributed by atoms with van der Waals surface area (Å²) in [6.45, 7) is -0.429. The van der Waals surface area contributed by atoms with Crippen LogP contribution < -0.4 is 11.5 Å². The maximum atomic E-state index is 13.1. The fraction of sp³-hybridized carbons (Fsp3) is 1.00. The molecular weight excluding hydrogens is 404 g/mol. The van der Waals surface area contributed by atoms with Gasteiger partial charge in [0.15, 0.2) is 0 Å². The van der Waals surface area contributed by atoms with Crippen LogP contribution in [0.25, 0.3) is 0 Å². The van der Waals surface area contributed by atoms with E-state index in [1.165, 1.54) is 0 Å². The van der Waals surface area contributed by atoms with Gasteiger partial charge in [-0.2, -0.15) is 30.2 Å². The minimum absolute atomic E-state index is 0.0186. The van der Waals surface area contributed by atoms with Gasteiger partial charge in [0.1, 0.15) is 6.54 Å². The van der Waals surface area contributed by atoms with Gasteiger partial charge in [0, 0.05) is 24.7 Å². The molecule has 0 aliphatic carbocycles. The third-order valence-electron chi connectivity index (χ3n) is 5.31. The van der Waals surface area contributed by atoms with Crippen molar-refractivity contribution in [3.05, 3.63) is 0 Å². The highest BCUT2D eigenvalue weighted by Gasteiger charge is 2.50. The smallest absolute Gasteiger partial charge is 0.427 e. The summed E-state index contributed by atoms with van der Waals surface area (Å²) in [6, 6.07) is -1.97. The second-order valence-electron chi connectivity index (χ2n) is 7.84. The molecule has 0 saturated carbocycles. The Kier molecular flexibility index (Phi) is 7.41. The Hall–Kier alpha value is -0.475. The Morgan fingerprint density at radius 3 is 2.50 bits per heavy atom. The molecule has 0 aromatic carbocycles. The Morgan fingerprint density at radius 2 is 2.00 bits per heavy atom. The van der Waals surface area contributed by atoms with Gasteiger partial charge >= 0.3 is 13.3 Å². The highest BCUT2D eigenvalue weighted by Crippen LogP contribution is 2.34. The Balaban J connectivity index is 2.19. The molecule has 4 atom stereocenters. The maximum Gasteiger partial charge on any atom is 0.451 e. The summed E-state index contributed by atoms with van der Waals surface area (Å²) in [5.41, 5.74) is 11.0. The minimum atomic E-state index is -4.74. The maximum absolute atomic E-state index is 13.1. The zero-order chi connectivity index (χ0) is 21.3. The number of halogens is 3. The monoisotopic (exact) mass is 432 g/mol. The standard InChI is InChI=1S/C14H28BF3N4O5S/c1-13(20)8-21(5-10(13)3-2-4-15(23)24)28(25,26)22(9-14(16,17)18)12-7-27-6-11(12)19/h10-12,23-24H,2-9,19-20H2,1H3/t10-,11?,12?,13-/m0/s1. The van der Waals surface area contributed by atoms with Gasteiger partial charge in [0.25, 0.3) is 10.2 Å². The van der Waals surface area contributed by atoms with E-state index in [-0.39, 0.29) is 38.5 Å². The molecule has 2 fully saturated rings. The van der Waals surface area contributed by atoms with Gasteiger partial charge in [0.2, 0.25) is 0 Å². The van der Waals surface area contributed by atoms with E-state index < -0.39 is 47.7 Å². The first-order chi connectivity index (χ1) is 12.7. The van der Waals surface area contributed by atoms with Crippen LogP contribution in [0, 0.1) is 5.92 Å². The van der Waals surface area contributed by atoms with Crippen LogP contribution in [-0.4, -0.2) is 90.8 Å². The van der Waals surface area contributed by atoms with Crippen molar-refractivity contribution in [2.75, 3.05) is 32.8 Å². The average molecular weight is 432 g/mol. The number of hydrogen-bond donors (Lipinski definition) is 4. The predicted octanol–water partition coefficient (Wildman–Crippen LogP) is -1.28. The lowest BCUT2D eigenvalue weighted by Gasteiger charge is -2.33. The minimum Gasteiger partial charge on any atom is -0.427 e. The molecule has 0 spiro atoms. The second kappa shape index (κ2) is 8.72. The number of alkyl halides is 3. The van der Waals surface area contributed by atoms with Gasteiger partial charge in [-0.05, 0) is 25.6 Å². The molecule has 0 amide bonds. The zero-order valence-electron chi connectivity index (χ0n) is 15.7. The van der Waals surface area contributed by atoms with Crippen LogP contribution in [-0.2, 0) is 14.9 Å². The van der Waals surface area contributed by atoms with Crippen molar-refractivity contribution in [1.82, 2.24) is 8.61 Å². The predicted molar refractivity (Wildman–Crippen MR) is 96.2 cm³/mol. The molecule has 9 nitrogen and oxygen atoms in total. The molecule has 164 valence electrons. The van der Waals surface area contributed by atoms with E-state index in [0.717, 1.165) is 4.31 Å². The second-order valence-corrected chi connectivity index (χ2v) is 9.72. The SMILES string of the molecule is C[C@]1(N)CN(S(=O)(=O)N(CC(F)(F)F)C2COCC2N)C[C@@H]1CCCB(O)O. The summed E-state index contributed by atoms with van der Waals surface area (Å²) in [5, 5.41) is 17.9. The third kappa shape index (κ3) is 5.78. The topological polar surface area (TPSA) is 142 Å². The fourth-order valence-electron chi connectivity index (χ4n) is 3.72. The van der Waals surface area contributed by atoms with Gasteiger partial charge in [-0.25, -0.2) is 0 Å². The van der Waals surface area contributed by atoms with E-state index in [0.29, 0.717) is 17.1 Å². The molecule has 2 aliphatic heterocycles. The molecule has 28 heavy (non-hydrogen) atoms. The van der Waals surface area contributed by atoms with E-state index in [9.17, 15) is 21.6 Å². The molecule has 14 heteroatoms. The number of nitrogens with zero attached hydrogens (tertiary/aromatic N) is 2. The van der Waals surface area contributed by atoms with Crippen molar-refractivity contribution in [1.29, 1.82) is 0 Å². The molecule has 2 rings (SSSR count). The number of hydrogen-bond acceptors (Lipinski definition) is 7. The van der Waals surface area contributed by atoms with Gasteiger partial charge in [-0.3, -0.25) is 0 Å². The van der Waals surface area contributed by atoms with E-state index in [2.05, 4.69) is 0 Å². The van der Waals surface area contributed by atoms with Crippen molar-refractivity contribution < 1.29 is 36.4 Å². The van der Waals surface area contributed by atoms with Crippen LogP contribution in [0.4, 0.5) is 13.2 Å². The molecule has 0 aromatic heterocycles. The first-order valence-electron chi connectivity index (χ1n) is 9.06. The summed E-state index contributed by atoms with van der Waals surface area (Å²) >= 11 is 0. The van der Waals surface area contributed by atoms with Crippen LogP contribution >= 0.6 is 0 Å². The van der Waals surface area contributed by atoms with Crippen LogP contribution in [0.3, 0.4) is 0 Å².